The van der Waals surface area contributed by atoms with Gasteiger partial charge in [0.1, 0.15) is 23.1 Å². The Morgan fingerprint density at radius 3 is 2.42 bits per heavy atom. The minimum atomic E-state index is -1.27. The molecular formula is C24H24F4N2O. The van der Waals surface area contributed by atoms with Crippen LogP contribution < -0.4 is 5.32 Å². The number of benzene rings is 2. The molecule has 1 heterocycles. The van der Waals surface area contributed by atoms with Crippen molar-refractivity contribution in [2.45, 2.75) is 50.2 Å². The number of likely N-dealkylation sites (tertiary alicyclic amines) is 1. The van der Waals surface area contributed by atoms with Gasteiger partial charge in [0.05, 0.1) is 6.54 Å². The molecule has 0 aromatic heterocycles. The number of nitrogens with one attached hydrogen (secondary N) is 1. The van der Waals surface area contributed by atoms with Crippen molar-refractivity contribution in [1.82, 2.24) is 10.2 Å². The molecular weight excluding hydrogens is 408 g/mol. The fraction of sp³-hybridized carbons (Fsp3) is 0.458. The average molecular weight is 432 g/mol. The highest BCUT2D eigenvalue weighted by Gasteiger charge is 2.53. The summed E-state index contributed by atoms with van der Waals surface area (Å²) in [6.45, 7) is 0.607. The SMILES string of the molecule is O=C(NCC1(F)CC1)N1CC2(CC2)C[C@@H]1Cc1cccc(-c2cc(F)cc(F)c2)c1F. The molecule has 164 valence electrons. The van der Waals surface area contributed by atoms with Crippen LogP contribution in [0.3, 0.4) is 0 Å². The molecule has 31 heavy (non-hydrogen) atoms. The molecule has 1 N–H and O–H groups in total. The van der Waals surface area contributed by atoms with E-state index in [4.69, 9.17) is 0 Å². The fourth-order valence-electron chi connectivity index (χ4n) is 4.70. The van der Waals surface area contributed by atoms with Gasteiger partial charge in [-0.25, -0.2) is 22.4 Å². The Morgan fingerprint density at radius 1 is 1.06 bits per heavy atom. The van der Waals surface area contributed by atoms with E-state index in [0.717, 1.165) is 37.5 Å². The van der Waals surface area contributed by atoms with Gasteiger partial charge in [-0.1, -0.05) is 18.2 Å². The van der Waals surface area contributed by atoms with Crippen LogP contribution in [-0.2, 0) is 6.42 Å². The minimum Gasteiger partial charge on any atom is -0.335 e. The standard InChI is InChI=1S/C24H24F4N2O/c25-17-8-16(9-18(26)11-17)20-3-1-2-15(21(20)27)10-19-12-23(4-5-23)14-30(19)22(31)29-13-24(28)6-7-24/h1-3,8-9,11,19H,4-7,10,12-14H2,(H,29,31)/t19-/m0/s1. The molecule has 2 amide bonds. The maximum absolute atomic E-state index is 15.3. The van der Waals surface area contributed by atoms with Crippen molar-refractivity contribution < 1.29 is 22.4 Å². The van der Waals surface area contributed by atoms with Gasteiger partial charge in [-0.05, 0) is 67.2 Å². The molecule has 2 saturated carbocycles. The Morgan fingerprint density at radius 2 is 1.77 bits per heavy atom. The van der Waals surface area contributed by atoms with Crippen molar-refractivity contribution in [1.29, 1.82) is 0 Å². The van der Waals surface area contributed by atoms with E-state index >= 15 is 4.39 Å². The lowest BCUT2D eigenvalue weighted by Gasteiger charge is -2.26. The maximum Gasteiger partial charge on any atom is 0.317 e. The zero-order chi connectivity index (χ0) is 21.8. The van der Waals surface area contributed by atoms with E-state index in [9.17, 15) is 18.0 Å². The summed E-state index contributed by atoms with van der Waals surface area (Å²) < 4.78 is 56.5. The van der Waals surface area contributed by atoms with Crippen molar-refractivity contribution >= 4 is 6.03 Å². The summed E-state index contributed by atoms with van der Waals surface area (Å²) in [6, 6.07) is 7.23. The van der Waals surface area contributed by atoms with Gasteiger partial charge < -0.3 is 10.2 Å². The van der Waals surface area contributed by atoms with Crippen LogP contribution in [0.1, 0.15) is 37.7 Å². The van der Waals surface area contributed by atoms with E-state index < -0.39 is 23.1 Å². The molecule has 0 bridgehead atoms. The number of urea groups is 1. The molecule has 3 nitrogen and oxygen atoms in total. The number of amides is 2. The molecule has 1 aliphatic heterocycles. The predicted octanol–water partition coefficient (Wildman–Crippen LogP) is 5.38. The molecule has 3 fully saturated rings. The van der Waals surface area contributed by atoms with Crippen LogP contribution in [0.5, 0.6) is 0 Å². The Kier molecular flexibility index (Phi) is 4.75. The van der Waals surface area contributed by atoms with Crippen LogP contribution in [0.2, 0.25) is 0 Å². The molecule has 2 aliphatic carbocycles. The van der Waals surface area contributed by atoms with Gasteiger partial charge in [0.25, 0.3) is 0 Å². The van der Waals surface area contributed by atoms with E-state index in [-0.39, 0.29) is 35.2 Å². The van der Waals surface area contributed by atoms with Crippen molar-refractivity contribution in [2.24, 2.45) is 5.41 Å². The molecule has 1 atom stereocenters. The zero-order valence-corrected chi connectivity index (χ0v) is 17.1. The molecule has 1 spiro atoms. The van der Waals surface area contributed by atoms with E-state index in [1.807, 2.05) is 0 Å². The third-order valence-corrected chi connectivity index (χ3v) is 6.89. The summed E-state index contributed by atoms with van der Waals surface area (Å²) in [5.41, 5.74) is -0.530. The van der Waals surface area contributed by atoms with Crippen LogP contribution in [0.4, 0.5) is 22.4 Å². The number of alkyl halides is 1. The van der Waals surface area contributed by atoms with Crippen molar-refractivity contribution in [3.8, 4) is 11.1 Å². The number of carbonyl (C=O) groups is 1. The summed E-state index contributed by atoms with van der Waals surface area (Å²) in [6.07, 6.45) is 4.09. The van der Waals surface area contributed by atoms with Crippen LogP contribution in [0.15, 0.2) is 36.4 Å². The fourth-order valence-corrected chi connectivity index (χ4v) is 4.70. The third-order valence-electron chi connectivity index (χ3n) is 6.89. The number of rotatable bonds is 5. The zero-order valence-electron chi connectivity index (χ0n) is 17.1. The highest BCUT2D eigenvalue weighted by Crippen LogP contribution is 2.55. The van der Waals surface area contributed by atoms with Crippen LogP contribution in [-0.4, -0.2) is 35.7 Å². The molecule has 2 aromatic carbocycles. The highest BCUT2D eigenvalue weighted by molar-refractivity contribution is 5.75. The number of hydrogen-bond donors (Lipinski definition) is 1. The van der Waals surface area contributed by atoms with Gasteiger partial charge in [-0.2, -0.15) is 0 Å². The summed E-state index contributed by atoms with van der Waals surface area (Å²) >= 11 is 0. The largest absolute Gasteiger partial charge is 0.335 e. The third kappa shape index (κ3) is 4.14. The second-order valence-electron chi connectivity index (χ2n) is 9.44. The minimum absolute atomic E-state index is 0.0109. The van der Waals surface area contributed by atoms with E-state index in [1.165, 1.54) is 6.07 Å². The van der Waals surface area contributed by atoms with Crippen LogP contribution >= 0.6 is 0 Å². The van der Waals surface area contributed by atoms with E-state index in [2.05, 4.69) is 5.32 Å². The Balaban J connectivity index is 1.37. The predicted molar refractivity (Wildman–Crippen MR) is 109 cm³/mol. The summed E-state index contributed by atoms with van der Waals surface area (Å²) in [5, 5.41) is 2.71. The van der Waals surface area contributed by atoms with Crippen molar-refractivity contribution in [3.05, 3.63) is 59.4 Å². The molecule has 1 saturated heterocycles. The van der Waals surface area contributed by atoms with Crippen molar-refractivity contribution in [3.63, 3.8) is 0 Å². The lowest BCUT2D eigenvalue weighted by molar-refractivity contribution is 0.184. The first-order valence-corrected chi connectivity index (χ1v) is 10.7. The smallest absolute Gasteiger partial charge is 0.317 e. The monoisotopic (exact) mass is 432 g/mol. The normalized spacial score (nSPS) is 22.6. The quantitative estimate of drug-likeness (QED) is 0.633. The van der Waals surface area contributed by atoms with Gasteiger partial charge in [0.2, 0.25) is 0 Å². The Hall–Kier alpha value is -2.57. The van der Waals surface area contributed by atoms with Gasteiger partial charge in [-0.15, -0.1) is 0 Å². The lowest BCUT2D eigenvalue weighted by atomic mass is 9.95. The first-order chi connectivity index (χ1) is 14.8. The first kappa shape index (κ1) is 20.3. The second kappa shape index (κ2) is 7.24. The topological polar surface area (TPSA) is 32.3 Å². The molecule has 2 aromatic rings. The number of halogens is 4. The number of nitrogens with zero attached hydrogens (tertiary/aromatic N) is 1. The summed E-state index contributed by atoms with van der Waals surface area (Å²) in [4.78, 5) is 14.5. The van der Waals surface area contributed by atoms with Gasteiger partial charge in [-0.3, -0.25) is 0 Å². The molecule has 0 radical (unpaired) electrons. The number of hydrogen-bond acceptors (Lipinski definition) is 1. The summed E-state index contributed by atoms with van der Waals surface area (Å²) in [5.74, 6) is -2.07. The Bertz CT molecular complexity index is 1010. The van der Waals surface area contributed by atoms with Gasteiger partial charge in [0.15, 0.2) is 0 Å². The van der Waals surface area contributed by atoms with E-state index in [0.29, 0.717) is 31.4 Å². The van der Waals surface area contributed by atoms with Gasteiger partial charge >= 0.3 is 6.03 Å². The first-order valence-electron chi connectivity index (χ1n) is 10.7. The summed E-state index contributed by atoms with van der Waals surface area (Å²) in [7, 11) is 0. The number of carbonyl (C=O) groups excluding carboxylic acids is 1. The highest BCUT2D eigenvalue weighted by atomic mass is 19.1. The Labute approximate surface area is 178 Å². The van der Waals surface area contributed by atoms with E-state index in [1.54, 1.807) is 17.0 Å². The molecule has 7 heteroatoms. The molecule has 3 aliphatic rings. The average Bonchev–Trinajstić information content (AvgIpc) is 3.61. The molecule has 5 rings (SSSR count). The van der Waals surface area contributed by atoms with Crippen LogP contribution in [0, 0.1) is 22.9 Å². The molecule has 0 unspecified atom stereocenters. The maximum atomic E-state index is 15.3. The van der Waals surface area contributed by atoms with Gasteiger partial charge in [0, 0.05) is 24.2 Å². The van der Waals surface area contributed by atoms with Crippen molar-refractivity contribution in [2.75, 3.05) is 13.1 Å². The second-order valence-corrected chi connectivity index (χ2v) is 9.44. The lowest BCUT2D eigenvalue weighted by Crippen LogP contribution is -2.46. The van der Waals surface area contributed by atoms with Crippen LogP contribution in [0.25, 0.3) is 11.1 Å².